The summed E-state index contributed by atoms with van der Waals surface area (Å²) < 4.78 is 0. The van der Waals surface area contributed by atoms with Crippen LogP contribution in [0.4, 0.5) is 11.4 Å². The molecule has 4 N–H and O–H groups in total. The molecule has 0 saturated heterocycles. The molecular weight excluding hydrogens is 150 g/mol. The molecule has 0 saturated carbocycles. The predicted octanol–water partition coefficient (Wildman–Crippen LogP) is 1.40. The molecule has 1 heterocycles. The van der Waals surface area contributed by atoms with Crippen molar-refractivity contribution in [2.75, 3.05) is 11.5 Å². The minimum Gasteiger partial charge on any atom is -0.399 e. The van der Waals surface area contributed by atoms with Gasteiger partial charge in [-0.15, -0.1) is 0 Å². The monoisotopic (exact) mass is 159 g/mol. The largest absolute Gasteiger partial charge is 0.399 e. The lowest BCUT2D eigenvalue weighted by atomic mass is 10.2. The maximum Gasteiger partial charge on any atom is 0.0932 e. The molecule has 3 heteroatoms. The number of fused-ring (bicyclic) bond motifs is 1. The second-order valence-electron chi connectivity index (χ2n) is 2.69. The van der Waals surface area contributed by atoms with E-state index >= 15 is 0 Å². The van der Waals surface area contributed by atoms with Crippen LogP contribution in [-0.2, 0) is 0 Å². The van der Waals surface area contributed by atoms with E-state index in [0.29, 0.717) is 11.4 Å². The molecule has 12 heavy (non-hydrogen) atoms. The first-order valence-electron chi connectivity index (χ1n) is 3.67. The van der Waals surface area contributed by atoms with Crippen LogP contribution in [0.15, 0.2) is 30.5 Å². The van der Waals surface area contributed by atoms with Gasteiger partial charge in [0.1, 0.15) is 0 Å². The second kappa shape index (κ2) is 2.37. The van der Waals surface area contributed by atoms with Gasteiger partial charge in [-0.3, -0.25) is 4.98 Å². The highest BCUT2D eigenvalue weighted by Crippen LogP contribution is 2.21. The van der Waals surface area contributed by atoms with Crippen molar-refractivity contribution >= 4 is 22.3 Å². The van der Waals surface area contributed by atoms with Gasteiger partial charge in [-0.2, -0.15) is 0 Å². The highest BCUT2D eigenvalue weighted by molar-refractivity contribution is 5.92. The van der Waals surface area contributed by atoms with Crippen LogP contribution in [0.3, 0.4) is 0 Å². The predicted molar refractivity (Wildman–Crippen MR) is 50.6 cm³/mol. The smallest absolute Gasteiger partial charge is 0.0932 e. The van der Waals surface area contributed by atoms with Gasteiger partial charge in [-0.25, -0.2) is 0 Å². The number of pyridine rings is 1. The van der Waals surface area contributed by atoms with Gasteiger partial charge in [0.15, 0.2) is 0 Å². The van der Waals surface area contributed by atoms with Crippen molar-refractivity contribution in [1.82, 2.24) is 4.98 Å². The van der Waals surface area contributed by atoms with E-state index in [1.165, 1.54) is 0 Å². The summed E-state index contributed by atoms with van der Waals surface area (Å²) in [6, 6.07) is 7.38. The van der Waals surface area contributed by atoms with Crippen molar-refractivity contribution in [2.45, 2.75) is 0 Å². The fourth-order valence-corrected chi connectivity index (χ4v) is 1.24. The van der Waals surface area contributed by atoms with E-state index in [9.17, 15) is 0 Å². The fourth-order valence-electron chi connectivity index (χ4n) is 1.24. The highest BCUT2D eigenvalue weighted by Gasteiger charge is 1.98. The summed E-state index contributed by atoms with van der Waals surface area (Å²) in [4.78, 5) is 4.14. The molecule has 0 fully saturated rings. The van der Waals surface area contributed by atoms with Gasteiger partial charge in [0, 0.05) is 17.3 Å². The van der Waals surface area contributed by atoms with Gasteiger partial charge >= 0.3 is 0 Å². The third-order valence-corrected chi connectivity index (χ3v) is 1.76. The number of nitrogens with two attached hydrogens (primary N) is 2. The molecule has 2 rings (SSSR count). The van der Waals surface area contributed by atoms with Crippen LogP contribution in [0.2, 0.25) is 0 Å². The lowest BCUT2D eigenvalue weighted by Gasteiger charge is -2.01. The zero-order valence-corrected chi connectivity index (χ0v) is 6.49. The van der Waals surface area contributed by atoms with E-state index in [4.69, 9.17) is 11.5 Å². The molecule has 0 aliphatic carbocycles. The minimum atomic E-state index is 0.630. The summed E-state index contributed by atoms with van der Waals surface area (Å²) in [6.07, 6.45) is 1.72. The molecular formula is C9H9N3. The molecule has 3 nitrogen and oxygen atoms in total. The normalized spacial score (nSPS) is 10.3. The SMILES string of the molecule is Nc1cc(N)c2ncccc2c1. The first-order valence-corrected chi connectivity index (χ1v) is 3.67. The Morgan fingerprint density at radius 3 is 2.83 bits per heavy atom. The van der Waals surface area contributed by atoms with E-state index in [0.717, 1.165) is 10.9 Å². The number of benzene rings is 1. The molecule has 2 aromatic rings. The van der Waals surface area contributed by atoms with Crippen LogP contribution in [-0.4, -0.2) is 4.98 Å². The Morgan fingerprint density at radius 2 is 2.00 bits per heavy atom. The van der Waals surface area contributed by atoms with Crippen LogP contribution >= 0.6 is 0 Å². The molecule has 1 aromatic heterocycles. The average molecular weight is 159 g/mol. The van der Waals surface area contributed by atoms with Crippen molar-refractivity contribution in [2.24, 2.45) is 0 Å². The molecule has 1 aromatic carbocycles. The first-order chi connectivity index (χ1) is 5.77. The fraction of sp³-hybridized carbons (Fsp3) is 0. The molecule has 0 spiro atoms. The number of hydrogen-bond donors (Lipinski definition) is 2. The zero-order chi connectivity index (χ0) is 8.55. The number of rotatable bonds is 0. The Kier molecular flexibility index (Phi) is 1.37. The Balaban J connectivity index is 2.89. The topological polar surface area (TPSA) is 64.9 Å². The summed E-state index contributed by atoms with van der Waals surface area (Å²) in [5.41, 5.74) is 13.4. The van der Waals surface area contributed by atoms with E-state index in [1.807, 2.05) is 18.2 Å². The number of aromatic nitrogens is 1. The molecule has 0 aliphatic rings. The van der Waals surface area contributed by atoms with Crippen LogP contribution in [0.5, 0.6) is 0 Å². The third-order valence-electron chi connectivity index (χ3n) is 1.76. The summed E-state index contributed by atoms with van der Waals surface area (Å²) in [5, 5.41) is 0.981. The van der Waals surface area contributed by atoms with Crippen LogP contribution in [0.25, 0.3) is 10.9 Å². The number of nitrogens with zero attached hydrogens (tertiary/aromatic N) is 1. The third kappa shape index (κ3) is 0.955. The Morgan fingerprint density at radius 1 is 1.17 bits per heavy atom. The molecule has 0 atom stereocenters. The molecule has 0 amide bonds. The van der Waals surface area contributed by atoms with Crippen LogP contribution in [0.1, 0.15) is 0 Å². The quantitative estimate of drug-likeness (QED) is 0.571. The van der Waals surface area contributed by atoms with Gasteiger partial charge < -0.3 is 11.5 Å². The van der Waals surface area contributed by atoms with Gasteiger partial charge in [-0.1, -0.05) is 6.07 Å². The average Bonchev–Trinajstić information content (AvgIpc) is 2.04. The number of nitrogen functional groups attached to an aromatic ring is 2. The van der Waals surface area contributed by atoms with Crippen molar-refractivity contribution in [3.8, 4) is 0 Å². The lowest BCUT2D eigenvalue weighted by molar-refractivity contribution is 1.41. The maximum absolute atomic E-state index is 5.71. The maximum atomic E-state index is 5.71. The molecule has 0 aliphatic heterocycles. The number of hydrogen-bond acceptors (Lipinski definition) is 3. The lowest BCUT2D eigenvalue weighted by Crippen LogP contribution is -1.92. The van der Waals surface area contributed by atoms with Crippen LogP contribution in [0, 0.1) is 0 Å². The van der Waals surface area contributed by atoms with E-state index < -0.39 is 0 Å². The van der Waals surface area contributed by atoms with Gasteiger partial charge in [0.25, 0.3) is 0 Å². The molecule has 60 valence electrons. The second-order valence-corrected chi connectivity index (χ2v) is 2.69. The first kappa shape index (κ1) is 6.91. The van der Waals surface area contributed by atoms with Crippen molar-refractivity contribution in [3.63, 3.8) is 0 Å². The standard InChI is InChI=1S/C9H9N3/c10-7-4-6-2-1-3-12-9(6)8(11)5-7/h1-5H,10-11H2. The molecule has 0 bridgehead atoms. The van der Waals surface area contributed by atoms with Gasteiger partial charge in [0.2, 0.25) is 0 Å². The van der Waals surface area contributed by atoms with Gasteiger partial charge in [0.05, 0.1) is 11.2 Å². The Hall–Kier alpha value is -1.77. The molecule has 0 radical (unpaired) electrons. The Bertz CT molecular complexity index is 423. The van der Waals surface area contributed by atoms with E-state index in [-0.39, 0.29) is 0 Å². The van der Waals surface area contributed by atoms with E-state index in [1.54, 1.807) is 12.3 Å². The summed E-state index contributed by atoms with van der Waals surface area (Å²) in [6.45, 7) is 0. The van der Waals surface area contributed by atoms with Crippen molar-refractivity contribution in [1.29, 1.82) is 0 Å². The van der Waals surface area contributed by atoms with Crippen molar-refractivity contribution in [3.05, 3.63) is 30.5 Å². The Labute approximate surface area is 70.0 Å². The van der Waals surface area contributed by atoms with Crippen molar-refractivity contribution < 1.29 is 0 Å². The summed E-state index contributed by atoms with van der Waals surface area (Å²) in [5.74, 6) is 0. The number of anilines is 2. The minimum absolute atomic E-state index is 0.630. The molecule has 0 unspecified atom stereocenters. The summed E-state index contributed by atoms with van der Waals surface area (Å²) >= 11 is 0. The van der Waals surface area contributed by atoms with Gasteiger partial charge in [-0.05, 0) is 18.2 Å². The highest BCUT2D eigenvalue weighted by atomic mass is 14.7. The van der Waals surface area contributed by atoms with Crippen LogP contribution < -0.4 is 11.5 Å². The van der Waals surface area contributed by atoms with E-state index in [2.05, 4.69) is 4.98 Å². The zero-order valence-electron chi connectivity index (χ0n) is 6.49. The summed E-state index contributed by atoms with van der Waals surface area (Å²) in [7, 11) is 0.